The highest BCUT2D eigenvalue weighted by molar-refractivity contribution is 7.89. The van der Waals surface area contributed by atoms with Crippen molar-refractivity contribution in [1.29, 1.82) is 0 Å². The molecule has 29 heavy (non-hydrogen) atoms. The van der Waals surface area contributed by atoms with Crippen LogP contribution in [0.25, 0.3) is 6.08 Å². The summed E-state index contributed by atoms with van der Waals surface area (Å²) < 4.78 is 44.6. The van der Waals surface area contributed by atoms with Gasteiger partial charge in [0.1, 0.15) is 5.82 Å². The van der Waals surface area contributed by atoms with Crippen LogP contribution in [0.5, 0.6) is 0 Å². The van der Waals surface area contributed by atoms with Gasteiger partial charge in [-0.1, -0.05) is 38.1 Å². The fraction of sp³-hybridized carbons (Fsp3) is 0.238. The Bertz CT molecular complexity index is 996. The smallest absolute Gasteiger partial charge is 0.331 e. The van der Waals surface area contributed by atoms with Gasteiger partial charge < -0.3 is 4.74 Å². The SMILES string of the molecule is CCN(CC)S(=O)(=O)c1ccc(/C=C/C(=O)OCC(=O)c2ccccc2F)cc1. The number of carbonyl (C=O) groups excluding carboxylic acids is 2. The zero-order valence-electron chi connectivity index (χ0n) is 16.2. The lowest BCUT2D eigenvalue weighted by atomic mass is 10.1. The van der Waals surface area contributed by atoms with Crippen LogP contribution in [0.1, 0.15) is 29.8 Å². The summed E-state index contributed by atoms with van der Waals surface area (Å²) in [5, 5.41) is 0. The molecule has 2 rings (SSSR count). The number of ether oxygens (including phenoxy) is 1. The molecule has 0 radical (unpaired) electrons. The van der Waals surface area contributed by atoms with Gasteiger partial charge in [-0.15, -0.1) is 0 Å². The van der Waals surface area contributed by atoms with Gasteiger partial charge in [-0.2, -0.15) is 4.31 Å². The van der Waals surface area contributed by atoms with E-state index < -0.39 is 34.2 Å². The lowest BCUT2D eigenvalue weighted by molar-refractivity contribution is -0.136. The minimum Gasteiger partial charge on any atom is -0.454 e. The minimum absolute atomic E-state index is 0.144. The van der Waals surface area contributed by atoms with Crippen LogP contribution in [-0.4, -0.2) is 44.2 Å². The lowest BCUT2D eigenvalue weighted by Crippen LogP contribution is -2.30. The molecule has 154 valence electrons. The van der Waals surface area contributed by atoms with E-state index in [1.165, 1.54) is 40.7 Å². The van der Waals surface area contributed by atoms with E-state index >= 15 is 0 Å². The van der Waals surface area contributed by atoms with E-state index in [0.717, 1.165) is 12.1 Å². The van der Waals surface area contributed by atoms with Crippen molar-refractivity contribution >= 4 is 27.9 Å². The molecule has 0 spiro atoms. The summed E-state index contributed by atoms with van der Waals surface area (Å²) in [6.07, 6.45) is 2.55. The zero-order chi connectivity index (χ0) is 21.4. The topological polar surface area (TPSA) is 80.8 Å². The second-order valence-electron chi connectivity index (χ2n) is 6.00. The average molecular weight is 419 g/mol. The number of sulfonamides is 1. The third-order valence-corrected chi connectivity index (χ3v) is 6.22. The second kappa shape index (κ2) is 10.1. The van der Waals surface area contributed by atoms with Gasteiger partial charge in [-0.3, -0.25) is 4.79 Å². The van der Waals surface area contributed by atoms with Gasteiger partial charge >= 0.3 is 5.97 Å². The average Bonchev–Trinajstić information content (AvgIpc) is 2.71. The maximum atomic E-state index is 13.5. The van der Waals surface area contributed by atoms with Crippen molar-refractivity contribution in [3.63, 3.8) is 0 Å². The van der Waals surface area contributed by atoms with Gasteiger partial charge in [0.15, 0.2) is 6.61 Å². The van der Waals surface area contributed by atoms with Gasteiger partial charge in [-0.25, -0.2) is 17.6 Å². The van der Waals surface area contributed by atoms with Gasteiger partial charge in [0.05, 0.1) is 10.5 Å². The molecule has 6 nitrogen and oxygen atoms in total. The number of rotatable bonds is 9. The lowest BCUT2D eigenvalue weighted by Gasteiger charge is -2.18. The number of carbonyl (C=O) groups is 2. The molecule has 0 N–H and O–H groups in total. The number of Topliss-reactive ketones (excluding diaryl/α,β-unsaturated/α-hetero) is 1. The third kappa shape index (κ3) is 5.82. The minimum atomic E-state index is -3.55. The Morgan fingerprint density at radius 1 is 1.03 bits per heavy atom. The number of ketones is 1. The number of esters is 1. The summed E-state index contributed by atoms with van der Waals surface area (Å²) in [7, 11) is -3.55. The number of halogens is 1. The van der Waals surface area contributed by atoms with Crippen molar-refractivity contribution in [2.45, 2.75) is 18.7 Å². The highest BCUT2D eigenvalue weighted by Gasteiger charge is 2.21. The molecule has 0 aliphatic carbocycles. The number of benzene rings is 2. The van der Waals surface area contributed by atoms with Crippen LogP contribution < -0.4 is 0 Å². The number of hydrogen-bond acceptors (Lipinski definition) is 5. The van der Waals surface area contributed by atoms with E-state index in [2.05, 4.69) is 0 Å². The molecule has 0 fully saturated rings. The van der Waals surface area contributed by atoms with Crippen molar-refractivity contribution in [2.24, 2.45) is 0 Å². The molecule has 8 heteroatoms. The highest BCUT2D eigenvalue weighted by atomic mass is 32.2. The summed E-state index contributed by atoms with van der Waals surface area (Å²) in [5.74, 6) is -2.09. The van der Waals surface area contributed by atoms with Crippen molar-refractivity contribution in [3.8, 4) is 0 Å². The maximum absolute atomic E-state index is 13.5. The maximum Gasteiger partial charge on any atom is 0.331 e. The van der Waals surface area contributed by atoms with E-state index in [0.29, 0.717) is 18.7 Å². The fourth-order valence-electron chi connectivity index (χ4n) is 2.58. The fourth-order valence-corrected chi connectivity index (χ4v) is 4.04. The zero-order valence-corrected chi connectivity index (χ0v) is 17.0. The Labute approximate surface area is 169 Å². The molecular formula is C21H22FNO5S. The molecule has 0 saturated heterocycles. The summed E-state index contributed by atoms with van der Waals surface area (Å²) in [5.41, 5.74) is 0.440. The van der Waals surface area contributed by atoms with Crippen LogP contribution in [0.3, 0.4) is 0 Å². The Kier molecular flexibility index (Phi) is 7.81. The number of nitrogens with zero attached hydrogens (tertiary/aromatic N) is 1. The summed E-state index contributed by atoms with van der Waals surface area (Å²) >= 11 is 0. The first-order valence-corrected chi connectivity index (χ1v) is 10.5. The highest BCUT2D eigenvalue weighted by Crippen LogP contribution is 2.17. The van der Waals surface area contributed by atoms with Crippen molar-refractivity contribution in [3.05, 3.63) is 71.6 Å². The standard InChI is InChI=1S/C21H22FNO5S/c1-3-23(4-2)29(26,27)17-12-9-16(10-13-17)11-14-21(25)28-15-20(24)18-7-5-6-8-19(18)22/h5-14H,3-4,15H2,1-2H3/b14-11+. The first-order valence-electron chi connectivity index (χ1n) is 9.02. The summed E-state index contributed by atoms with van der Waals surface area (Å²) in [6, 6.07) is 11.5. The van der Waals surface area contributed by atoms with Crippen LogP contribution in [0.15, 0.2) is 59.5 Å². The summed E-state index contributed by atoms with van der Waals surface area (Å²) in [4.78, 5) is 23.8. The third-order valence-electron chi connectivity index (χ3n) is 4.15. The molecule has 2 aromatic carbocycles. The Morgan fingerprint density at radius 3 is 2.24 bits per heavy atom. The molecule has 0 aromatic heterocycles. The Hall–Kier alpha value is -2.84. The molecule has 0 aliphatic rings. The molecule has 0 aliphatic heterocycles. The van der Waals surface area contributed by atoms with E-state index in [1.54, 1.807) is 26.0 Å². The molecule has 0 heterocycles. The van der Waals surface area contributed by atoms with Crippen LogP contribution in [0.4, 0.5) is 4.39 Å². The predicted molar refractivity (Wildman–Crippen MR) is 107 cm³/mol. The van der Waals surface area contributed by atoms with Crippen LogP contribution in [0, 0.1) is 5.82 Å². The van der Waals surface area contributed by atoms with Gasteiger partial charge in [-0.05, 0) is 35.9 Å². The molecular weight excluding hydrogens is 397 g/mol. The molecule has 2 aromatic rings. The quantitative estimate of drug-likeness (QED) is 0.354. The predicted octanol–water partition coefficient (Wildman–Crippen LogP) is 3.30. The van der Waals surface area contributed by atoms with E-state index in [-0.39, 0.29) is 10.5 Å². The van der Waals surface area contributed by atoms with E-state index in [1.807, 2.05) is 0 Å². The van der Waals surface area contributed by atoms with Crippen molar-refractivity contribution in [2.75, 3.05) is 19.7 Å². The van der Waals surface area contributed by atoms with E-state index in [9.17, 15) is 22.4 Å². The molecule has 0 bridgehead atoms. The van der Waals surface area contributed by atoms with E-state index in [4.69, 9.17) is 4.74 Å². The molecule has 0 atom stereocenters. The molecule has 0 amide bonds. The first kappa shape index (κ1) is 22.4. The Balaban J connectivity index is 1.97. The van der Waals surface area contributed by atoms with Gasteiger partial charge in [0.2, 0.25) is 15.8 Å². The van der Waals surface area contributed by atoms with Crippen LogP contribution in [0.2, 0.25) is 0 Å². The van der Waals surface area contributed by atoms with Gasteiger partial charge in [0, 0.05) is 19.2 Å². The van der Waals surface area contributed by atoms with Crippen molar-refractivity contribution < 1.29 is 27.1 Å². The largest absolute Gasteiger partial charge is 0.454 e. The normalized spacial score (nSPS) is 11.7. The second-order valence-corrected chi connectivity index (χ2v) is 7.94. The van der Waals surface area contributed by atoms with Gasteiger partial charge in [0.25, 0.3) is 0 Å². The number of hydrogen-bond donors (Lipinski definition) is 0. The van der Waals surface area contributed by atoms with Crippen molar-refractivity contribution in [1.82, 2.24) is 4.31 Å². The van der Waals surface area contributed by atoms with Crippen LogP contribution in [-0.2, 0) is 19.6 Å². The van der Waals surface area contributed by atoms with Crippen LogP contribution >= 0.6 is 0 Å². The first-order chi connectivity index (χ1) is 13.8. The monoisotopic (exact) mass is 419 g/mol. The molecule has 0 saturated carbocycles. The molecule has 0 unspecified atom stereocenters. The Morgan fingerprint density at radius 2 is 1.66 bits per heavy atom. The summed E-state index contributed by atoms with van der Waals surface area (Å²) in [6.45, 7) is 3.70.